The van der Waals surface area contributed by atoms with E-state index in [0.717, 1.165) is 12.2 Å². The first-order valence-electron chi connectivity index (χ1n) is 7.55. The Hall–Kier alpha value is -1.66. The van der Waals surface area contributed by atoms with Crippen molar-refractivity contribution in [3.63, 3.8) is 0 Å². The predicted molar refractivity (Wildman–Crippen MR) is 78.7 cm³/mol. The van der Waals surface area contributed by atoms with Crippen LogP contribution in [0.15, 0.2) is 27.8 Å². The second-order valence-corrected chi connectivity index (χ2v) is 5.57. The second-order valence-electron chi connectivity index (χ2n) is 5.57. The number of nitrogens with one attached hydrogen (secondary N) is 2. The van der Waals surface area contributed by atoms with Crippen LogP contribution < -0.4 is 10.6 Å². The van der Waals surface area contributed by atoms with Gasteiger partial charge in [-0.25, -0.2) is 0 Å². The van der Waals surface area contributed by atoms with Crippen LogP contribution in [0.3, 0.4) is 0 Å². The van der Waals surface area contributed by atoms with Crippen LogP contribution >= 0.6 is 0 Å². The van der Waals surface area contributed by atoms with E-state index in [1.807, 2.05) is 12.1 Å². The maximum atomic E-state index is 12.8. The molecule has 0 radical (unpaired) electrons. The van der Waals surface area contributed by atoms with Crippen molar-refractivity contribution in [1.29, 1.82) is 0 Å². The summed E-state index contributed by atoms with van der Waals surface area (Å²) in [5.74, 6) is 0.192. The average Bonchev–Trinajstić information content (AvgIpc) is 2.99. The van der Waals surface area contributed by atoms with Crippen molar-refractivity contribution in [3.8, 4) is 0 Å². The van der Waals surface area contributed by atoms with Gasteiger partial charge in [0.15, 0.2) is 5.96 Å². The SMILES string of the molecule is CN=C(NCCc1ccco1)NC1CCCC(C(F)(F)F)C1. The molecule has 2 unspecified atom stereocenters. The third kappa shape index (κ3) is 4.96. The molecule has 1 aliphatic carbocycles. The highest BCUT2D eigenvalue weighted by molar-refractivity contribution is 5.79. The molecule has 0 aromatic carbocycles. The number of alkyl halides is 3. The van der Waals surface area contributed by atoms with Gasteiger partial charge in [0.1, 0.15) is 5.76 Å². The fourth-order valence-corrected chi connectivity index (χ4v) is 2.77. The lowest BCUT2D eigenvalue weighted by Gasteiger charge is -2.31. The summed E-state index contributed by atoms with van der Waals surface area (Å²) in [6, 6.07) is 3.52. The molecule has 1 saturated carbocycles. The summed E-state index contributed by atoms with van der Waals surface area (Å²) < 4.78 is 43.7. The molecule has 2 N–H and O–H groups in total. The summed E-state index contributed by atoms with van der Waals surface area (Å²) in [5.41, 5.74) is 0. The summed E-state index contributed by atoms with van der Waals surface area (Å²) >= 11 is 0. The molecule has 2 atom stereocenters. The van der Waals surface area contributed by atoms with Crippen LogP contribution in [0.5, 0.6) is 0 Å². The first-order valence-corrected chi connectivity index (χ1v) is 7.55. The van der Waals surface area contributed by atoms with Crippen molar-refractivity contribution in [3.05, 3.63) is 24.2 Å². The van der Waals surface area contributed by atoms with E-state index in [4.69, 9.17) is 4.42 Å². The Morgan fingerprint density at radius 3 is 2.86 bits per heavy atom. The van der Waals surface area contributed by atoms with Gasteiger partial charge in [-0.3, -0.25) is 4.99 Å². The first-order chi connectivity index (χ1) is 10.5. The van der Waals surface area contributed by atoms with Gasteiger partial charge in [-0.05, 0) is 31.4 Å². The van der Waals surface area contributed by atoms with E-state index in [1.54, 1.807) is 13.3 Å². The largest absolute Gasteiger partial charge is 0.469 e. The maximum absolute atomic E-state index is 12.8. The van der Waals surface area contributed by atoms with Crippen LogP contribution in [0.1, 0.15) is 31.4 Å². The topological polar surface area (TPSA) is 49.6 Å². The molecule has 1 aromatic heterocycles. The summed E-state index contributed by atoms with van der Waals surface area (Å²) in [5, 5.41) is 6.20. The normalized spacial score (nSPS) is 23.4. The van der Waals surface area contributed by atoms with Gasteiger partial charge in [0.25, 0.3) is 0 Å². The Kier molecular flexibility index (Phi) is 5.74. The zero-order chi connectivity index (χ0) is 16.0. The molecule has 22 heavy (non-hydrogen) atoms. The fraction of sp³-hybridized carbons (Fsp3) is 0.667. The molecule has 4 nitrogen and oxygen atoms in total. The van der Waals surface area contributed by atoms with Gasteiger partial charge in [0.05, 0.1) is 12.2 Å². The van der Waals surface area contributed by atoms with Gasteiger partial charge in [0, 0.05) is 26.1 Å². The molecular weight excluding hydrogens is 295 g/mol. The first kappa shape index (κ1) is 16.7. The highest BCUT2D eigenvalue weighted by atomic mass is 19.4. The third-order valence-electron chi connectivity index (χ3n) is 3.95. The summed E-state index contributed by atoms with van der Waals surface area (Å²) in [7, 11) is 1.62. The van der Waals surface area contributed by atoms with E-state index in [0.29, 0.717) is 25.3 Å². The molecule has 2 rings (SSSR count). The van der Waals surface area contributed by atoms with Crippen molar-refractivity contribution < 1.29 is 17.6 Å². The van der Waals surface area contributed by atoms with Crippen molar-refractivity contribution in [2.45, 2.75) is 44.3 Å². The predicted octanol–water partition coefficient (Wildman–Crippen LogP) is 3.11. The Morgan fingerprint density at radius 1 is 1.41 bits per heavy atom. The highest BCUT2D eigenvalue weighted by Crippen LogP contribution is 2.37. The van der Waals surface area contributed by atoms with Gasteiger partial charge in [-0.1, -0.05) is 6.42 Å². The standard InChI is InChI=1S/C15H22F3N3O/c1-19-14(20-8-7-13-6-3-9-22-13)21-12-5-2-4-11(10-12)15(16,17)18/h3,6,9,11-12H,2,4-5,7-8,10H2,1H3,(H2,19,20,21). The number of hydrogen-bond acceptors (Lipinski definition) is 2. The lowest BCUT2D eigenvalue weighted by molar-refractivity contribution is -0.183. The number of aliphatic imine (C=N–C) groups is 1. The van der Waals surface area contributed by atoms with E-state index < -0.39 is 12.1 Å². The molecule has 1 aromatic rings. The lowest BCUT2D eigenvalue weighted by Crippen LogP contribution is -2.47. The summed E-state index contributed by atoms with van der Waals surface area (Å²) in [4.78, 5) is 4.07. The van der Waals surface area contributed by atoms with Crippen LogP contribution in [0.25, 0.3) is 0 Å². The molecule has 1 aliphatic rings. The Morgan fingerprint density at radius 2 is 2.23 bits per heavy atom. The Balaban J connectivity index is 1.77. The maximum Gasteiger partial charge on any atom is 0.391 e. The van der Waals surface area contributed by atoms with Gasteiger partial charge < -0.3 is 15.1 Å². The molecular formula is C15H22F3N3O. The zero-order valence-electron chi connectivity index (χ0n) is 12.6. The number of nitrogens with zero attached hydrogens (tertiary/aromatic N) is 1. The summed E-state index contributed by atoms with van der Waals surface area (Å²) in [6.07, 6.45) is -0.118. The molecule has 7 heteroatoms. The van der Waals surface area contributed by atoms with Crippen molar-refractivity contribution in [2.75, 3.05) is 13.6 Å². The number of hydrogen-bond donors (Lipinski definition) is 2. The molecule has 0 aliphatic heterocycles. The minimum Gasteiger partial charge on any atom is -0.469 e. The average molecular weight is 317 g/mol. The molecule has 0 spiro atoms. The Labute approximate surface area is 128 Å². The van der Waals surface area contributed by atoms with Gasteiger partial charge in [-0.2, -0.15) is 13.2 Å². The van der Waals surface area contributed by atoms with Crippen LogP contribution in [0, 0.1) is 5.92 Å². The van der Waals surface area contributed by atoms with Gasteiger partial charge in [-0.15, -0.1) is 0 Å². The zero-order valence-corrected chi connectivity index (χ0v) is 12.6. The summed E-state index contributed by atoms with van der Waals surface area (Å²) in [6.45, 7) is 0.614. The lowest BCUT2D eigenvalue weighted by atomic mass is 9.85. The smallest absolute Gasteiger partial charge is 0.391 e. The van der Waals surface area contributed by atoms with Crippen LogP contribution in [-0.4, -0.2) is 31.8 Å². The molecule has 1 heterocycles. The van der Waals surface area contributed by atoms with E-state index in [1.165, 1.54) is 0 Å². The van der Waals surface area contributed by atoms with Crippen molar-refractivity contribution in [2.24, 2.45) is 10.9 Å². The molecule has 0 saturated heterocycles. The van der Waals surface area contributed by atoms with E-state index in [2.05, 4.69) is 15.6 Å². The van der Waals surface area contributed by atoms with Gasteiger partial charge >= 0.3 is 6.18 Å². The minimum absolute atomic E-state index is 0.113. The number of rotatable bonds is 4. The van der Waals surface area contributed by atoms with E-state index >= 15 is 0 Å². The molecule has 124 valence electrons. The van der Waals surface area contributed by atoms with Crippen LogP contribution in [-0.2, 0) is 6.42 Å². The quantitative estimate of drug-likeness (QED) is 0.663. The third-order valence-corrected chi connectivity index (χ3v) is 3.95. The van der Waals surface area contributed by atoms with Gasteiger partial charge in [0.2, 0.25) is 0 Å². The fourth-order valence-electron chi connectivity index (χ4n) is 2.77. The number of furan rings is 1. The molecule has 0 bridgehead atoms. The van der Waals surface area contributed by atoms with E-state index in [9.17, 15) is 13.2 Å². The van der Waals surface area contributed by atoms with Crippen molar-refractivity contribution in [1.82, 2.24) is 10.6 Å². The second kappa shape index (κ2) is 7.56. The molecule has 1 fully saturated rings. The monoisotopic (exact) mass is 317 g/mol. The van der Waals surface area contributed by atoms with Crippen LogP contribution in [0.4, 0.5) is 13.2 Å². The van der Waals surface area contributed by atoms with Crippen molar-refractivity contribution >= 4 is 5.96 Å². The Bertz CT molecular complexity index is 471. The molecule has 0 amide bonds. The van der Waals surface area contributed by atoms with E-state index in [-0.39, 0.29) is 18.9 Å². The highest BCUT2D eigenvalue weighted by Gasteiger charge is 2.42. The number of halogens is 3. The minimum atomic E-state index is -4.10. The van der Waals surface area contributed by atoms with Crippen LogP contribution in [0.2, 0.25) is 0 Å². The number of guanidine groups is 1.